The Bertz CT molecular complexity index is 555. The van der Waals surface area contributed by atoms with Crippen LogP contribution in [0.1, 0.15) is 33.6 Å². The Morgan fingerprint density at radius 2 is 2.21 bits per heavy atom. The van der Waals surface area contributed by atoms with Gasteiger partial charge >= 0.3 is 6.09 Å². The summed E-state index contributed by atoms with van der Waals surface area (Å²) in [6.07, 6.45) is 3.59. The highest BCUT2D eigenvalue weighted by molar-refractivity contribution is 7.98. The number of aromatic nitrogens is 2. The molecule has 1 aromatic rings. The van der Waals surface area contributed by atoms with Gasteiger partial charge in [0.05, 0.1) is 13.2 Å². The van der Waals surface area contributed by atoms with E-state index in [1.807, 2.05) is 27.0 Å². The van der Waals surface area contributed by atoms with Gasteiger partial charge in [0.15, 0.2) is 5.16 Å². The SMILES string of the molecule is COc1cc(NC[C@H]2CCCN2C(=O)OC(C)(C)C)nc(SC)n1. The minimum absolute atomic E-state index is 0.0959. The number of hydrogen-bond acceptors (Lipinski definition) is 7. The second-order valence-electron chi connectivity index (χ2n) is 6.63. The van der Waals surface area contributed by atoms with Crippen molar-refractivity contribution in [3.8, 4) is 5.88 Å². The average Bonchev–Trinajstić information content (AvgIpc) is 2.99. The highest BCUT2D eigenvalue weighted by Gasteiger charge is 2.32. The number of ether oxygens (including phenoxy) is 2. The monoisotopic (exact) mass is 354 g/mol. The number of likely N-dealkylation sites (tertiary alicyclic amines) is 1. The highest BCUT2D eigenvalue weighted by atomic mass is 32.2. The maximum Gasteiger partial charge on any atom is 0.410 e. The van der Waals surface area contributed by atoms with Crippen molar-refractivity contribution in [1.82, 2.24) is 14.9 Å². The first-order valence-electron chi connectivity index (χ1n) is 8.03. The van der Waals surface area contributed by atoms with Gasteiger partial charge in [-0.2, -0.15) is 4.98 Å². The van der Waals surface area contributed by atoms with Gasteiger partial charge in [-0.3, -0.25) is 0 Å². The van der Waals surface area contributed by atoms with Crippen LogP contribution in [0, 0.1) is 0 Å². The zero-order valence-corrected chi connectivity index (χ0v) is 15.8. The summed E-state index contributed by atoms with van der Waals surface area (Å²) in [4.78, 5) is 22.8. The summed E-state index contributed by atoms with van der Waals surface area (Å²) < 4.78 is 10.7. The van der Waals surface area contributed by atoms with E-state index < -0.39 is 5.60 Å². The second-order valence-corrected chi connectivity index (χ2v) is 7.41. The number of rotatable bonds is 5. The molecule has 1 saturated heterocycles. The molecule has 1 atom stereocenters. The third kappa shape index (κ3) is 5.15. The van der Waals surface area contributed by atoms with Crippen molar-refractivity contribution >= 4 is 23.7 Å². The van der Waals surface area contributed by atoms with E-state index in [0.717, 1.165) is 19.4 Å². The van der Waals surface area contributed by atoms with Gasteiger partial charge in [0.1, 0.15) is 11.4 Å². The summed E-state index contributed by atoms with van der Waals surface area (Å²) in [5, 5.41) is 3.94. The molecule has 8 heteroatoms. The molecule has 0 spiro atoms. The number of carbonyl (C=O) groups is 1. The smallest absolute Gasteiger partial charge is 0.410 e. The number of anilines is 1. The quantitative estimate of drug-likeness (QED) is 0.643. The molecular weight excluding hydrogens is 328 g/mol. The van der Waals surface area contributed by atoms with E-state index in [9.17, 15) is 4.79 Å². The van der Waals surface area contributed by atoms with Crippen LogP contribution in [-0.2, 0) is 4.74 Å². The standard InChI is InChI=1S/C16H26N4O3S/c1-16(2,3)23-15(21)20-8-6-7-11(20)10-17-12-9-13(22-4)19-14(18-12)24-5/h9,11H,6-8,10H2,1-5H3,(H,17,18,19)/t11-/m1/s1. The summed E-state index contributed by atoms with van der Waals surface area (Å²) in [5.74, 6) is 1.22. The lowest BCUT2D eigenvalue weighted by Crippen LogP contribution is -2.42. The van der Waals surface area contributed by atoms with Crippen LogP contribution in [0.15, 0.2) is 11.2 Å². The molecule has 1 fully saturated rings. The zero-order valence-electron chi connectivity index (χ0n) is 15.0. The van der Waals surface area contributed by atoms with Gasteiger partial charge in [0.2, 0.25) is 5.88 Å². The van der Waals surface area contributed by atoms with Crippen molar-refractivity contribution in [3.05, 3.63) is 6.07 Å². The van der Waals surface area contributed by atoms with E-state index in [1.54, 1.807) is 18.1 Å². The normalized spacial score (nSPS) is 17.7. The Labute approximate surface area is 147 Å². The number of thioether (sulfide) groups is 1. The van der Waals surface area contributed by atoms with Gasteiger partial charge in [0.25, 0.3) is 0 Å². The van der Waals surface area contributed by atoms with Crippen LogP contribution in [0.4, 0.5) is 10.6 Å². The Morgan fingerprint density at radius 1 is 1.46 bits per heavy atom. The fourth-order valence-corrected chi connectivity index (χ4v) is 2.89. The van der Waals surface area contributed by atoms with Crippen molar-refractivity contribution in [2.75, 3.05) is 31.8 Å². The van der Waals surface area contributed by atoms with E-state index in [0.29, 0.717) is 23.4 Å². The molecule has 0 saturated carbocycles. The lowest BCUT2D eigenvalue weighted by Gasteiger charge is -2.28. The van der Waals surface area contributed by atoms with Crippen molar-refractivity contribution < 1.29 is 14.3 Å². The molecule has 2 rings (SSSR count). The molecule has 7 nitrogen and oxygen atoms in total. The number of carbonyl (C=O) groups excluding carboxylic acids is 1. The number of nitrogens with zero attached hydrogens (tertiary/aromatic N) is 3. The van der Waals surface area contributed by atoms with E-state index in [4.69, 9.17) is 9.47 Å². The van der Waals surface area contributed by atoms with Gasteiger partial charge in [0, 0.05) is 19.2 Å². The minimum Gasteiger partial charge on any atom is -0.481 e. The molecule has 0 aliphatic carbocycles. The number of methoxy groups -OCH3 is 1. The Balaban J connectivity index is 1.99. The Kier molecular flexibility index (Phi) is 6.15. The minimum atomic E-state index is -0.481. The Hall–Kier alpha value is -1.70. The van der Waals surface area contributed by atoms with Gasteiger partial charge in [-0.05, 0) is 39.9 Å². The maximum absolute atomic E-state index is 12.3. The third-order valence-corrected chi connectivity index (χ3v) is 4.15. The van der Waals surface area contributed by atoms with Crippen LogP contribution >= 0.6 is 11.8 Å². The van der Waals surface area contributed by atoms with Crippen molar-refractivity contribution in [2.45, 2.75) is 50.4 Å². The molecule has 134 valence electrons. The number of hydrogen-bond donors (Lipinski definition) is 1. The summed E-state index contributed by atoms with van der Waals surface area (Å²) in [5.41, 5.74) is -0.481. The number of nitrogens with one attached hydrogen (secondary N) is 1. The number of amides is 1. The lowest BCUT2D eigenvalue weighted by molar-refractivity contribution is 0.0235. The largest absolute Gasteiger partial charge is 0.481 e. The van der Waals surface area contributed by atoms with Gasteiger partial charge in [-0.1, -0.05) is 11.8 Å². The van der Waals surface area contributed by atoms with Crippen LogP contribution in [0.3, 0.4) is 0 Å². The van der Waals surface area contributed by atoms with Gasteiger partial charge < -0.3 is 19.7 Å². The van der Waals surface area contributed by atoms with E-state index in [-0.39, 0.29) is 12.1 Å². The molecule has 1 N–H and O–H groups in total. The first-order chi connectivity index (χ1) is 11.3. The summed E-state index contributed by atoms with van der Waals surface area (Å²) in [7, 11) is 1.58. The third-order valence-electron chi connectivity index (χ3n) is 3.60. The predicted molar refractivity (Wildman–Crippen MR) is 94.8 cm³/mol. The van der Waals surface area contributed by atoms with E-state index >= 15 is 0 Å². The summed E-state index contributed by atoms with van der Waals surface area (Å²) in [6.45, 7) is 6.99. The van der Waals surface area contributed by atoms with Crippen LogP contribution in [0.25, 0.3) is 0 Å². The second kappa shape index (κ2) is 7.92. The Morgan fingerprint density at radius 3 is 2.83 bits per heavy atom. The molecule has 0 unspecified atom stereocenters. The van der Waals surface area contributed by atoms with E-state index in [1.165, 1.54) is 11.8 Å². The molecular formula is C16H26N4O3S. The van der Waals surface area contributed by atoms with Crippen molar-refractivity contribution in [2.24, 2.45) is 0 Å². The molecule has 1 aliphatic heterocycles. The molecule has 24 heavy (non-hydrogen) atoms. The molecule has 1 aromatic heterocycles. The van der Waals surface area contributed by atoms with Crippen molar-refractivity contribution in [1.29, 1.82) is 0 Å². The highest BCUT2D eigenvalue weighted by Crippen LogP contribution is 2.23. The lowest BCUT2D eigenvalue weighted by atomic mass is 10.2. The molecule has 1 aliphatic rings. The van der Waals surface area contributed by atoms with Gasteiger partial charge in [-0.15, -0.1) is 0 Å². The molecule has 1 amide bonds. The maximum atomic E-state index is 12.3. The molecule has 0 bridgehead atoms. The predicted octanol–water partition coefficient (Wildman–Crippen LogP) is 3.02. The summed E-state index contributed by atoms with van der Waals surface area (Å²) >= 11 is 1.46. The summed E-state index contributed by atoms with van der Waals surface area (Å²) in [6, 6.07) is 1.85. The first kappa shape index (κ1) is 18.6. The van der Waals surface area contributed by atoms with E-state index in [2.05, 4.69) is 15.3 Å². The van der Waals surface area contributed by atoms with Crippen LogP contribution in [-0.4, -0.2) is 59.1 Å². The first-order valence-corrected chi connectivity index (χ1v) is 9.25. The average molecular weight is 354 g/mol. The van der Waals surface area contributed by atoms with Crippen LogP contribution in [0.5, 0.6) is 5.88 Å². The van der Waals surface area contributed by atoms with Crippen LogP contribution < -0.4 is 10.1 Å². The zero-order chi connectivity index (χ0) is 17.7. The van der Waals surface area contributed by atoms with Gasteiger partial charge in [-0.25, -0.2) is 9.78 Å². The van der Waals surface area contributed by atoms with Crippen LogP contribution in [0.2, 0.25) is 0 Å². The fraction of sp³-hybridized carbons (Fsp3) is 0.688. The molecule has 0 aromatic carbocycles. The topological polar surface area (TPSA) is 76.6 Å². The van der Waals surface area contributed by atoms with Crippen molar-refractivity contribution in [3.63, 3.8) is 0 Å². The molecule has 0 radical (unpaired) electrons. The fourth-order valence-electron chi connectivity index (χ4n) is 2.52. The molecule has 2 heterocycles.